The average Bonchev–Trinajstić information content (AvgIpc) is 2.79. The van der Waals surface area contributed by atoms with Gasteiger partial charge in [0.15, 0.2) is 0 Å². The molecule has 0 aliphatic carbocycles. The van der Waals surface area contributed by atoms with Gasteiger partial charge >= 0.3 is 5.97 Å². The van der Waals surface area contributed by atoms with Crippen molar-refractivity contribution in [1.82, 2.24) is 5.43 Å². The van der Waals surface area contributed by atoms with Gasteiger partial charge in [-0.15, -0.1) is 0 Å². The van der Waals surface area contributed by atoms with E-state index in [-0.39, 0.29) is 5.91 Å². The Morgan fingerprint density at radius 1 is 0.935 bits per heavy atom. The molecule has 0 fully saturated rings. The summed E-state index contributed by atoms with van der Waals surface area (Å²) in [4.78, 5) is 24.4. The Morgan fingerprint density at radius 3 is 2.32 bits per heavy atom. The molecule has 31 heavy (non-hydrogen) atoms. The maximum atomic E-state index is 12.3. The number of ether oxygens (including phenoxy) is 2. The molecule has 0 aliphatic heterocycles. The van der Waals surface area contributed by atoms with Gasteiger partial charge in [-0.25, -0.2) is 10.2 Å². The van der Waals surface area contributed by atoms with Crippen LogP contribution < -0.4 is 14.9 Å². The minimum Gasteiger partial charge on any atom is -0.494 e. The van der Waals surface area contributed by atoms with Gasteiger partial charge in [-0.2, -0.15) is 5.10 Å². The molecule has 0 heterocycles. The lowest BCUT2D eigenvalue weighted by molar-refractivity contribution is 0.0734. The van der Waals surface area contributed by atoms with Crippen LogP contribution in [0.5, 0.6) is 11.5 Å². The topological polar surface area (TPSA) is 77.0 Å². The summed E-state index contributed by atoms with van der Waals surface area (Å²) >= 11 is 0. The number of aryl methyl sites for hydroxylation is 1. The number of esters is 1. The van der Waals surface area contributed by atoms with E-state index in [1.54, 1.807) is 60.7 Å². The van der Waals surface area contributed by atoms with Crippen LogP contribution in [0.25, 0.3) is 0 Å². The Hall–Kier alpha value is -3.93. The Labute approximate surface area is 181 Å². The van der Waals surface area contributed by atoms with Crippen molar-refractivity contribution in [3.05, 3.63) is 95.1 Å². The molecule has 3 rings (SSSR count). The average molecular weight is 416 g/mol. The molecule has 1 amide bonds. The SMILES string of the molecule is CCCOc1ccc(C(=O)Oc2ccc(/C=N\NC(=O)c3cccc(C)c3)cc2)cc1. The third kappa shape index (κ3) is 6.54. The smallest absolute Gasteiger partial charge is 0.343 e. The van der Waals surface area contributed by atoms with Crippen LogP contribution in [0.1, 0.15) is 45.2 Å². The number of hydrogen-bond donors (Lipinski definition) is 1. The molecular weight excluding hydrogens is 392 g/mol. The van der Waals surface area contributed by atoms with Crippen LogP contribution in [0.4, 0.5) is 0 Å². The molecule has 0 radical (unpaired) electrons. The van der Waals surface area contributed by atoms with Gasteiger partial charge in [0.05, 0.1) is 18.4 Å². The highest BCUT2D eigenvalue weighted by Gasteiger charge is 2.09. The van der Waals surface area contributed by atoms with Crippen molar-refractivity contribution < 1.29 is 19.1 Å². The van der Waals surface area contributed by atoms with E-state index in [4.69, 9.17) is 9.47 Å². The van der Waals surface area contributed by atoms with Crippen LogP contribution in [-0.2, 0) is 0 Å². The second-order valence-corrected chi connectivity index (χ2v) is 6.90. The molecule has 6 heteroatoms. The lowest BCUT2D eigenvalue weighted by Gasteiger charge is -2.07. The molecule has 0 aliphatic rings. The molecule has 0 saturated heterocycles. The molecule has 3 aromatic rings. The van der Waals surface area contributed by atoms with E-state index in [1.807, 2.05) is 26.0 Å². The zero-order valence-corrected chi connectivity index (χ0v) is 17.5. The van der Waals surface area contributed by atoms with Crippen molar-refractivity contribution in [2.45, 2.75) is 20.3 Å². The molecule has 158 valence electrons. The monoisotopic (exact) mass is 416 g/mol. The lowest BCUT2D eigenvalue weighted by Crippen LogP contribution is -2.17. The normalized spacial score (nSPS) is 10.6. The first-order valence-corrected chi connectivity index (χ1v) is 10.0. The van der Waals surface area contributed by atoms with Gasteiger partial charge in [-0.1, -0.05) is 24.6 Å². The third-order valence-electron chi connectivity index (χ3n) is 4.31. The summed E-state index contributed by atoms with van der Waals surface area (Å²) in [6.07, 6.45) is 2.44. The first-order valence-electron chi connectivity index (χ1n) is 10.0. The van der Waals surface area contributed by atoms with Crippen LogP contribution in [-0.4, -0.2) is 24.7 Å². The van der Waals surface area contributed by atoms with Crippen molar-refractivity contribution >= 4 is 18.1 Å². The Kier molecular flexibility index (Phi) is 7.54. The summed E-state index contributed by atoms with van der Waals surface area (Å²) in [5.41, 5.74) is 5.23. The molecule has 3 aromatic carbocycles. The zero-order chi connectivity index (χ0) is 22.1. The third-order valence-corrected chi connectivity index (χ3v) is 4.31. The Morgan fingerprint density at radius 2 is 1.65 bits per heavy atom. The number of nitrogens with zero attached hydrogens (tertiary/aromatic N) is 1. The predicted molar refractivity (Wildman–Crippen MR) is 120 cm³/mol. The first-order chi connectivity index (χ1) is 15.0. The molecule has 0 saturated carbocycles. The maximum absolute atomic E-state index is 12.3. The molecule has 0 spiro atoms. The van der Waals surface area contributed by atoms with Crippen molar-refractivity contribution in [2.24, 2.45) is 5.10 Å². The highest BCUT2D eigenvalue weighted by atomic mass is 16.5. The van der Waals surface area contributed by atoms with Gasteiger partial charge in [0.25, 0.3) is 5.91 Å². The van der Waals surface area contributed by atoms with Crippen molar-refractivity contribution in [2.75, 3.05) is 6.61 Å². The number of amides is 1. The quantitative estimate of drug-likeness (QED) is 0.248. The summed E-state index contributed by atoms with van der Waals surface area (Å²) in [5, 5.41) is 3.97. The Balaban J connectivity index is 1.53. The molecule has 0 aromatic heterocycles. The molecule has 0 atom stereocenters. The van der Waals surface area contributed by atoms with Crippen LogP contribution >= 0.6 is 0 Å². The second-order valence-electron chi connectivity index (χ2n) is 6.90. The number of carbonyl (C=O) groups is 2. The van der Waals surface area contributed by atoms with E-state index in [9.17, 15) is 9.59 Å². The van der Waals surface area contributed by atoms with E-state index < -0.39 is 5.97 Å². The highest BCUT2D eigenvalue weighted by Crippen LogP contribution is 2.16. The van der Waals surface area contributed by atoms with Gasteiger partial charge in [0, 0.05) is 5.56 Å². The van der Waals surface area contributed by atoms with Gasteiger partial charge in [0.1, 0.15) is 11.5 Å². The van der Waals surface area contributed by atoms with E-state index in [2.05, 4.69) is 10.5 Å². The van der Waals surface area contributed by atoms with Crippen molar-refractivity contribution in [3.8, 4) is 11.5 Å². The van der Waals surface area contributed by atoms with Gasteiger partial charge in [-0.05, 0) is 79.6 Å². The summed E-state index contributed by atoms with van der Waals surface area (Å²) in [7, 11) is 0. The minimum absolute atomic E-state index is 0.281. The highest BCUT2D eigenvalue weighted by molar-refractivity contribution is 5.95. The zero-order valence-electron chi connectivity index (χ0n) is 17.5. The standard InChI is InChI=1S/C25H24N2O4/c1-3-15-30-22-13-9-20(10-14-22)25(29)31-23-11-7-19(8-12-23)17-26-27-24(28)21-6-4-5-18(2)16-21/h4-14,16-17H,3,15H2,1-2H3,(H,27,28)/b26-17-. The molecular formula is C25H24N2O4. The van der Waals surface area contributed by atoms with E-state index >= 15 is 0 Å². The fourth-order valence-corrected chi connectivity index (χ4v) is 2.71. The number of benzene rings is 3. The molecule has 0 bridgehead atoms. The van der Waals surface area contributed by atoms with E-state index in [0.29, 0.717) is 23.5 Å². The Bertz CT molecular complexity index is 1060. The number of hydrogen-bond acceptors (Lipinski definition) is 5. The predicted octanol–water partition coefficient (Wildman–Crippen LogP) is 4.77. The summed E-state index contributed by atoms with van der Waals surface area (Å²) < 4.78 is 10.9. The number of hydrazone groups is 1. The molecule has 6 nitrogen and oxygen atoms in total. The summed E-state index contributed by atoms with van der Waals surface area (Å²) in [6, 6.07) is 20.9. The van der Waals surface area contributed by atoms with Crippen LogP contribution in [0.3, 0.4) is 0 Å². The second kappa shape index (κ2) is 10.7. The van der Waals surface area contributed by atoms with Gasteiger partial charge in [0.2, 0.25) is 0 Å². The molecule has 0 unspecified atom stereocenters. The van der Waals surface area contributed by atoms with Crippen LogP contribution in [0, 0.1) is 6.92 Å². The number of carbonyl (C=O) groups excluding carboxylic acids is 2. The maximum Gasteiger partial charge on any atom is 0.343 e. The van der Waals surface area contributed by atoms with Crippen LogP contribution in [0.2, 0.25) is 0 Å². The summed E-state index contributed by atoms with van der Waals surface area (Å²) in [5.74, 6) is 0.402. The largest absolute Gasteiger partial charge is 0.494 e. The minimum atomic E-state index is -0.450. The van der Waals surface area contributed by atoms with Gasteiger partial charge in [-0.3, -0.25) is 4.79 Å². The van der Waals surface area contributed by atoms with Crippen molar-refractivity contribution in [3.63, 3.8) is 0 Å². The van der Waals surface area contributed by atoms with Gasteiger partial charge < -0.3 is 9.47 Å². The molecule has 1 N–H and O–H groups in total. The summed E-state index contributed by atoms with van der Waals surface area (Å²) in [6.45, 7) is 4.59. The van der Waals surface area contributed by atoms with Crippen LogP contribution in [0.15, 0.2) is 77.9 Å². The number of nitrogens with one attached hydrogen (secondary N) is 1. The van der Waals surface area contributed by atoms with E-state index in [1.165, 1.54) is 6.21 Å². The number of rotatable bonds is 8. The fourth-order valence-electron chi connectivity index (χ4n) is 2.71. The van der Waals surface area contributed by atoms with Crippen molar-refractivity contribution in [1.29, 1.82) is 0 Å². The fraction of sp³-hybridized carbons (Fsp3) is 0.160. The lowest BCUT2D eigenvalue weighted by atomic mass is 10.1. The van der Waals surface area contributed by atoms with E-state index in [0.717, 1.165) is 23.3 Å². The first kappa shape index (κ1) is 21.8.